The van der Waals surface area contributed by atoms with Gasteiger partial charge >= 0.3 is 0 Å². The minimum Gasteiger partial charge on any atom is -0.497 e. The van der Waals surface area contributed by atoms with Gasteiger partial charge in [0.15, 0.2) is 0 Å². The normalized spacial score (nSPS) is 15.0. The van der Waals surface area contributed by atoms with E-state index in [1.54, 1.807) is 25.3 Å². The number of nitrogens with one attached hydrogen (secondary N) is 2. The second-order valence-electron chi connectivity index (χ2n) is 8.20. The molecule has 0 unspecified atom stereocenters. The molecule has 2 N–H and O–H groups in total. The zero-order chi connectivity index (χ0) is 22.5. The molecular weight excluding hydrogens is 408 g/mol. The molecule has 1 aliphatic rings. The van der Waals surface area contributed by atoms with Gasteiger partial charge in [0.1, 0.15) is 5.75 Å². The first-order valence-electron chi connectivity index (χ1n) is 10.9. The van der Waals surface area contributed by atoms with Crippen molar-refractivity contribution in [3.63, 3.8) is 0 Å². The molecule has 168 valence electrons. The summed E-state index contributed by atoms with van der Waals surface area (Å²) in [7, 11) is 1.65. The maximum absolute atomic E-state index is 12.7. The summed E-state index contributed by atoms with van der Waals surface area (Å²) in [6.45, 7) is 2.63. The number of ether oxygens (including phenoxy) is 1. The number of benzene rings is 2. The summed E-state index contributed by atoms with van der Waals surface area (Å²) in [6.07, 6.45) is 4.25. The number of amides is 1. The standard InChI is InChI=1S/C24H28N4O4/c1-32-20-6-7-22-21(14-20)18(15-26-22)8-11-25-24(29)17-9-12-27(13-10-17)16-19-4-2-3-5-23(19)28(30)31/h2-7,14-15,17,26H,8-13,16H2,1H3,(H,25,29). The van der Waals surface area contributed by atoms with Gasteiger partial charge in [-0.2, -0.15) is 0 Å². The topological polar surface area (TPSA) is 100 Å². The van der Waals surface area contributed by atoms with Crippen LogP contribution in [-0.2, 0) is 17.8 Å². The third-order valence-corrected chi connectivity index (χ3v) is 6.21. The van der Waals surface area contributed by atoms with Crippen molar-refractivity contribution < 1.29 is 14.5 Å². The van der Waals surface area contributed by atoms with Crippen LogP contribution in [0.3, 0.4) is 0 Å². The molecule has 0 saturated carbocycles. The van der Waals surface area contributed by atoms with Crippen molar-refractivity contribution in [3.05, 3.63) is 69.9 Å². The smallest absolute Gasteiger partial charge is 0.273 e. The number of rotatable bonds is 8. The van der Waals surface area contributed by atoms with Gasteiger partial charge < -0.3 is 15.0 Å². The molecule has 0 bridgehead atoms. The minimum absolute atomic E-state index is 0.0138. The van der Waals surface area contributed by atoms with Gasteiger partial charge in [-0.25, -0.2) is 0 Å². The van der Waals surface area contributed by atoms with Gasteiger partial charge in [0.05, 0.1) is 12.0 Å². The van der Waals surface area contributed by atoms with Crippen molar-refractivity contribution in [3.8, 4) is 5.75 Å². The highest BCUT2D eigenvalue weighted by Crippen LogP contribution is 2.25. The molecule has 0 spiro atoms. The van der Waals surface area contributed by atoms with Crippen molar-refractivity contribution in [2.75, 3.05) is 26.7 Å². The molecule has 8 nitrogen and oxygen atoms in total. The highest BCUT2D eigenvalue weighted by atomic mass is 16.6. The van der Waals surface area contributed by atoms with Crippen LogP contribution in [0.1, 0.15) is 24.0 Å². The largest absolute Gasteiger partial charge is 0.497 e. The van der Waals surface area contributed by atoms with Gasteiger partial charge in [0, 0.05) is 47.7 Å². The zero-order valence-electron chi connectivity index (χ0n) is 18.2. The first kappa shape index (κ1) is 21.8. The molecule has 0 atom stereocenters. The second kappa shape index (κ2) is 9.82. The number of carbonyl (C=O) groups excluding carboxylic acids is 1. The van der Waals surface area contributed by atoms with Gasteiger partial charge in [-0.1, -0.05) is 18.2 Å². The zero-order valence-corrected chi connectivity index (χ0v) is 18.2. The number of aromatic nitrogens is 1. The first-order chi connectivity index (χ1) is 15.5. The molecular formula is C24H28N4O4. The van der Waals surface area contributed by atoms with Crippen molar-refractivity contribution in [2.24, 2.45) is 5.92 Å². The van der Waals surface area contributed by atoms with Crippen molar-refractivity contribution in [1.29, 1.82) is 0 Å². The molecule has 32 heavy (non-hydrogen) atoms. The number of nitro groups is 1. The Hall–Kier alpha value is -3.39. The van der Waals surface area contributed by atoms with Crippen molar-refractivity contribution >= 4 is 22.5 Å². The van der Waals surface area contributed by atoms with Crippen molar-refractivity contribution in [2.45, 2.75) is 25.8 Å². The molecule has 1 fully saturated rings. The number of H-pyrrole nitrogens is 1. The molecule has 0 radical (unpaired) electrons. The lowest BCUT2D eigenvalue weighted by Crippen LogP contribution is -2.40. The van der Waals surface area contributed by atoms with E-state index < -0.39 is 0 Å². The number of carbonyl (C=O) groups is 1. The number of piperidine rings is 1. The van der Waals surface area contributed by atoms with Crippen molar-refractivity contribution in [1.82, 2.24) is 15.2 Å². The summed E-state index contributed by atoms with van der Waals surface area (Å²) < 4.78 is 5.31. The fourth-order valence-corrected chi connectivity index (χ4v) is 4.37. The molecule has 0 aliphatic carbocycles. The van der Waals surface area contributed by atoms with E-state index in [4.69, 9.17) is 4.74 Å². The number of likely N-dealkylation sites (tertiary alicyclic amines) is 1. The number of hydrogen-bond donors (Lipinski definition) is 2. The summed E-state index contributed by atoms with van der Waals surface area (Å²) in [6, 6.07) is 12.8. The Kier molecular flexibility index (Phi) is 6.70. The molecule has 1 aliphatic heterocycles. The summed E-state index contributed by atoms with van der Waals surface area (Å²) in [5.41, 5.74) is 3.08. The lowest BCUT2D eigenvalue weighted by atomic mass is 9.95. The van der Waals surface area contributed by atoms with Crippen LogP contribution in [0.5, 0.6) is 5.75 Å². The average Bonchev–Trinajstić information content (AvgIpc) is 3.21. The second-order valence-corrected chi connectivity index (χ2v) is 8.20. The van der Waals surface area contributed by atoms with E-state index in [-0.39, 0.29) is 22.4 Å². The SMILES string of the molecule is COc1ccc2[nH]cc(CCNC(=O)C3CCN(Cc4ccccc4[N+](=O)[O-])CC3)c2c1. The van der Waals surface area contributed by atoms with Crippen LogP contribution in [-0.4, -0.2) is 47.5 Å². The number of hydrogen-bond acceptors (Lipinski definition) is 5. The lowest BCUT2D eigenvalue weighted by Gasteiger charge is -2.31. The predicted octanol–water partition coefficient (Wildman–Crippen LogP) is 3.66. The van der Waals surface area contributed by atoms with E-state index in [2.05, 4.69) is 15.2 Å². The number of aromatic amines is 1. The maximum Gasteiger partial charge on any atom is 0.273 e. The summed E-state index contributed by atoms with van der Waals surface area (Å²) in [4.78, 5) is 29.0. The highest BCUT2D eigenvalue weighted by molar-refractivity contribution is 5.85. The lowest BCUT2D eigenvalue weighted by molar-refractivity contribution is -0.385. The fourth-order valence-electron chi connectivity index (χ4n) is 4.37. The Labute approximate surface area is 186 Å². The summed E-state index contributed by atoms with van der Waals surface area (Å²) in [5, 5.41) is 15.4. The molecule has 2 heterocycles. The van der Waals surface area contributed by atoms with E-state index in [1.165, 1.54) is 0 Å². The molecule has 8 heteroatoms. The quantitative estimate of drug-likeness (QED) is 0.415. The first-order valence-corrected chi connectivity index (χ1v) is 10.9. The Morgan fingerprint density at radius 3 is 2.75 bits per heavy atom. The van der Waals surface area contributed by atoms with Crippen LogP contribution in [0.4, 0.5) is 5.69 Å². The number of fused-ring (bicyclic) bond motifs is 1. The van der Waals surface area contributed by atoms with Crippen LogP contribution in [0.15, 0.2) is 48.7 Å². The molecule has 1 aromatic heterocycles. The number of nitro benzene ring substituents is 1. The van der Waals surface area contributed by atoms with E-state index in [0.717, 1.165) is 60.1 Å². The molecule has 2 aromatic carbocycles. The average molecular weight is 437 g/mol. The van der Waals surface area contributed by atoms with E-state index >= 15 is 0 Å². The third-order valence-electron chi connectivity index (χ3n) is 6.21. The summed E-state index contributed by atoms with van der Waals surface area (Å²) >= 11 is 0. The van der Waals surface area contributed by atoms with Crippen LogP contribution >= 0.6 is 0 Å². The summed E-state index contributed by atoms with van der Waals surface area (Å²) in [5.74, 6) is 0.891. The van der Waals surface area contributed by atoms with Gasteiger partial charge in [0.25, 0.3) is 5.69 Å². The monoisotopic (exact) mass is 436 g/mol. The van der Waals surface area contributed by atoms with Gasteiger partial charge in [-0.05, 0) is 56.1 Å². The van der Waals surface area contributed by atoms with E-state index in [9.17, 15) is 14.9 Å². The van der Waals surface area contributed by atoms with Gasteiger partial charge in [-0.3, -0.25) is 19.8 Å². The highest BCUT2D eigenvalue weighted by Gasteiger charge is 2.26. The maximum atomic E-state index is 12.7. The minimum atomic E-state index is -0.334. The molecule has 3 aromatic rings. The number of methoxy groups -OCH3 is 1. The van der Waals surface area contributed by atoms with Gasteiger partial charge in [0.2, 0.25) is 5.91 Å². The van der Waals surface area contributed by atoms with E-state index in [1.807, 2.05) is 30.5 Å². The number of nitrogens with zero attached hydrogens (tertiary/aromatic N) is 2. The third kappa shape index (κ3) is 4.91. The Morgan fingerprint density at radius 2 is 2.00 bits per heavy atom. The Morgan fingerprint density at radius 1 is 1.22 bits per heavy atom. The Balaban J connectivity index is 1.25. The van der Waals surface area contributed by atoms with Crippen LogP contribution < -0.4 is 10.1 Å². The molecule has 1 amide bonds. The number of para-hydroxylation sites is 1. The van der Waals surface area contributed by atoms with Crippen LogP contribution in [0.2, 0.25) is 0 Å². The van der Waals surface area contributed by atoms with E-state index in [0.29, 0.717) is 13.1 Å². The molecule has 4 rings (SSSR count). The van der Waals surface area contributed by atoms with Gasteiger partial charge in [-0.15, -0.1) is 0 Å². The van der Waals surface area contributed by atoms with Crippen LogP contribution in [0, 0.1) is 16.0 Å². The Bertz CT molecular complexity index is 1100. The van der Waals surface area contributed by atoms with Crippen LogP contribution in [0.25, 0.3) is 10.9 Å². The fraction of sp³-hybridized carbons (Fsp3) is 0.375. The predicted molar refractivity (Wildman–Crippen MR) is 123 cm³/mol. The molecule has 1 saturated heterocycles.